The zero-order chi connectivity index (χ0) is 20.2. The van der Waals surface area contributed by atoms with Crippen molar-refractivity contribution in [1.29, 1.82) is 0 Å². The van der Waals surface area contributed by atoms with Gasteiger partial charge in [-0.2, -0.15) is 4.39 Å². The minimum Gasteiger partial charge on any atom is -0.427 e. The summed E-state index contributed by atoms with van der Waals surface area (Å²) in [6, 6.07) is 3.51. The summed E-state index contributed by atoms with van der Waals surface area (Å²) < 4.78 is 20.0. The lowest BCUT2D eigenvalue weighted by molar-refractivity contribution is 0.0957. The SMILES string of the molecule is CNC(=O)c1ccc(N2CCN(Cc3cnc(Nc4ncc[nH]4)o3)CC2)c(F)n1. The van der Waals surface area contributed by atoms with Gasteiger partial charge in [0.15, 0.2) is 0 Å². The molecule has 3 aromatic rings. The second-order valence-electron chi connectivity index (χ2n) is 6.54. The predicted octanol–water partition coefficient (Wildman–Crippen LogP) is 1.36. The van der Waals surface area contributed by atoms with E-state index < -0.39 is 11.9 Å². The van der Waals surface area contributed by atoms with Gasteiger partial charge in [0.05, 0.1) is 18.4 Å². The largest absolute Gasteiger partial charge is 0.427 e. The third-order valence-electron chi connectivity index (χ3n) is 4.66. The number of aromatic nitrogens is 4. The summed E-state index contributed by atoms with van der Waals surface area (Å²) >= 11 is 0. The van der Waals surface area contributed by atoms with Gasteiger partial charge in [-0.25, -0.2) is 15.0 Å². The molecule has 152 valence electrons. The molecule has 0 saturated carbocycles. The topological polar surface area (TPSA) is 115 Å². The highest BCUT2D eigenvalue weighted by atomic mass is 19.1. The van der Waals surface area contributed by atoms with Crippen molar-refractivity contribution in [2.75, 3.05) is 43.4 Å². The molecular formula is C18H21FN8O2. The number of piperazine rings is 1. The molecule has 1 saturated heterocycles. The first-order chi connectivity index (χ1) is 14.1. The van der Waals surface area contributed by atoms with E-state index in [1.165, 1.54) is 13.1 Å². The second-order valence-corrected chi connectivity index (χ2v) is 6.54. The minimum absolute atomic E-state index is 0.0664. The van der Waals surface area contributed by atoms with Gasteiger partial charge in [-0.1, -0.05) is 0 Å². The Morgan fingerprint density at radius 3 is 2.79 bits per heavy atom. The summed E-state index contributed by atoms with van der Waals surface area (Å²) in [5, 5.41) is 5.38. The molecule has 11 heteroatoms. The number of oxazole rings is 1. The summed E-state index contributed by atoms with van der Waals surface area (Å²) in [4.78, 5) is 30.6. The lowest BCUT2D eigenvalue weighted by Crippen LogP contribution is -2.46. The van der Waals surface area contributed by atoms with Crippen LogP contribution in [0, 0.1) is 5.95 Å². The van der Waals surface area contributed by atoms with Gasteiger partial charge in [-0.15, -0.1) is 0 Å². The Labute approximate surface area is 166 Å². The Hall–Kier alpha value is -3.47. The molecule has 3 aromatic heterocycles. The van der Waals surface area contributed by atoms with Crippen LogP contribution >= 0.6 is 0 Å². The molecule has 10 nitrogen and oxygen atoms in total. The van der Waals surface area contributed by atoms with Crippen LogP contribution in [0.1, 0.15) is 16.2 Å². The summed E-state index contributed by atoms with van der Waals surface area (Å²) in [6.07, 6.45) is 5.02. The number of halogens is 1. The first-order valence-corrected chi connectivity index (χ1v) is 9.19. The van der Waals surface area contributed by atoms with Crippen molar-refractivity contribution in [3.05, 3.63) is 48.1 Å². The molecule has 4 heterocycles. The summed E-state index contributed by atoms with van der Waals surface area (Å²) in [7, 11) is 1.49. The first-order valence-electron chi connectivity index (χ1n) is 9.19. The van der Waals surface area contributed by atoms with Crippen LogP contribution in [0.2, 0.25) is 0 Å². The maximum absolute atomic E-state index is 14.3. The Morgan fingerprint density at radius 2 is 2.10 bits per heavy atom. The number of nitrogens with zero attached hydrogens (tertiary/aromatic N) is 5. The van der Waals surface area contributed by atoms with Crippen LogP contribution in [-0.2, 0) is 6.54 Å². The van der Waals surface area contributed by atoms with E-state index in [1.54, 1.807) is 24.7 Å². The average molecular weight is 400 g/mol. The van der Waals surface area contributed by atoms with Gasteiger partial charge in [0.2, 0.25) is 11.9 Å². The number of carbonyl (C=O) groups is 1. The van der Waals surface area contributed by atoms with Gasteiger partial charge in [-0.3, -0.25) is 15.0 Å². The van der Waals surface area contributed by atoms with Crippen molar-refractivity contribution in [1.82, 2.24) is 30.2 Å². The number of carbonyl (C=O) groups excluding carboxylic acids is 1. The Balaban J connectivity index is 1.32. The van der Waals surface area contributed by atoms with Gasteiger partial charge in [-0.05, 0) is 12.1 Å². The molecule has 29 heavy (non-hydrogen) atoms. The van der Waals surface area contributed by atoms with Crippen molar-refractivity contribution in [3.8, 4) is 0 Å². The fourth-order valence-corrected chi connectivity index (χ4v) is 3.16. The van der Waals surface area contributed by atoms with Crippen molar-refractivity contribution < 1.29 is 13.6 Å². The first kappa shape index (κ1) is 18.9. The molecule has 0 bridgehead atoms. The smallest absolute Gasteiger partial charge is 0.301 e. The quantitative estimate of drug-likeness (QED) is 0.531. The summed E-state index contributed by atoms with van der Waals surface area (Å²) in [5.74, 6) is 0.247. The number of anilines is 3. The van der Waals surface area contributed by atoms with Crippen LogP contribution in [0.3, 0.4) is 0 Å². The Morgan fingerprint density at radius 1 is 1.28 bits per heavy atom. The maximum Gasteiger partial charge on any atom is 0.301 e. The fourth-order valence-electron chi connectivity index (χ4n) is 3.16. The number of hydrogen-bond donors (Lipinski definition) is 3. The molecule has 0 aromatic carbocycles. The minimum atomic E-state index is -0.636. The van der Waals surface area contributed by atoms with Gasteiger partial charge in [0, 0.05) is 45.6 Å². The van der Waals surface area contributed by atoms with Crippen molar-refractivity contribution in [2.45, 2.75) is 6.54 Å². The molecule has 0 radical (unpaired) electrons. The van der Waals surface area contributed by atoms with Crippen LogP contribution in [-0.4, -0.2) is 64.0 Å². The number of H-pyrrole nitrogens is 1. The van der Waals surface area contributed by atoms with Gasteiger partial charge in [0.25, 0.3) is 5.91 Å². The lowest BCUT2D eigenvalue weighted by atomic mass is 10.2. The van der Waals surface area contributed by atoms with Crippen LogP contribution in [0.25, 0.3) is 0 Å². The monoisotopic (exact) mass is 400 g/mol. The highest BCUT2D eigenvalue weighted by molar-refractivity contribution is 5.92. The van der Waals surface area contributed by atoms with E-state index in [4.69, 9.17) is 4.42 Å². The van der Waals surface area contributed by atoms with E-state index in [9.17, 15) is 9.18 Å². The number of nitrogens with one attached hydrogen (secondary N) is 3. The van der Waals surface area contributed by atoms with E-state index >= 15 is 0 Å². The number of amides is 1. The molecule has 1 aliphatic rings. The van der Waals surface area contributed by atoms with Gasteiger partial charge < -0.3 is 19.6 Å². The number of pyridine rings is 1. The van der Waals surface area contributed by atoms with Crippen LogP contribution in [0.4, 0.5) is 22.0 Å². The van der Waals surface area contributed by atoms with E-state index in [0.29, 0.717) is 37.3 Å². The van der Waals surface area contributed by atoms with Crippen LogP contribution < -0.4 is 15.5 Å². The second kappa shape index (κ2) is 8.27. The predicted molar refractivity (Wildman–Crippen MR) is 103 cm³/mol. The van der Waals surface area contributed by atoms with Gasteiger partial charge in [0.1, 0.15) is 11.5 Å². The van der Waals surface area contributed by atoms with Crippen molar-refractivity contribution in [3.63, 3.8) is 0 Å². The van der Waals surface area contributed by atoms with E-state index in [-0.39, 0.29) is 5.69 Å². The number of rotatable bonds is 6. The molecule has 0 atom stereocenters. The van der Waals surface area contributed by atoms with Crippen LogP contribution in [0.5, 0.6) is 0 Å². The third kappa shape index (κ3) is 4.35. The average Bonchev–Trinajstić information content (AvgIpc) is 3.40. The van der Waals surface area contributed by atoms with Crippen molar-refractivity contribution in [2.24, 2.45) is 0 Å². The molecule has 0 unspecified atom stereocenters. The zero-order valence-electron chi connectivity index (χ0n) is 15.9. The number of hydrogen-bond acceptors (Lipinski definition) is 8. The highest BCUT2D eigenvalue weighted by Crippen LogP contribution is 2.21. The third-order valence-corrected chi connectivity index (χ3v) is 4.66. The van der Waals surface area contributed by atoms with Gasteiger partial charge >= 0.3 is 6.01 Å². The number of aromatic amines is 1. The normalized spacial score (nSPS) is 14.8. The maximum atomic E-state index is 14.3. The standard InChI is InChI=1S/C18H21FN8O2/c1-20-16(28)13-2-3-14(15(19)24-13)27-8-6-26(7-9-27)11-12-10-23-18(29-12)25-17-21-4-5-22-17/h2-5,10H,6-9,11H2,1H3,(H,20,28)(H2,21,22,23,25). The van der Waals surface area contributed by atoms with E-state index in [0.717, 1.165) is 18.8 Å². The molecule has 1 amide bonds. The molecule has 0 aliphatic carbocycles. The lowest BCUT2D eigenvalue weighted by Gasteiger charge is -2.35. The van der Waals surface area contributed by atoms with Crippen LogP contribution in [0.15, 0.2) is 35.1 Å². The Bertz CT molecular complexity index is 966. The summed E-state index contributed by atoms with van der Waals surface area (Å²) in [6.45, 7) is 3.36. The van der Waals surface area contributed by atoms with E-state index in [1.807, 2.05) is 4.90 Å². The number of imidazole rings is 1. The van der Waals surface area contributed by atoms with E-state index in [2.05, 4.69) is 35.5 Å². The fraction of sp³-hybridized carbons (Fsp3) is 0.333. The molecule has 3 N–H and O–H groups in total. The summed E-state index contributed by atoms with van der Waals surface area (Å²) in [5.41, 5.74) is 0.471. The highest BCUT2D eigenvalue weighted by Gasteiger charge is 2.22. The molecule has 0 spiro atoms. The zero-order valence-corrected chi connectivity index (χ0v) is 15.9. The van der Waals surface area contributed by atoms with Crippen molar-refractivity contribution >= 4 is 23.6 Å². The molecule has 4 rings (SSSR count). The molecular weight excluding hydrogens is 379 g/mol. The Kier molecular flexibility index (Phi) is 5.38. The molecule has 1 fully saturated rings. The molecule has 1 aliphatic heterocycles.